The van der Waals surface area contributed by atoms with E-state index in [1.54, 1.807) is 6.07 Å². The molecule has 0 unspecified atom stereocenters. The first-order valence-corrected chi connectivity index (χ1v) is 7.85. The maximum atomic E-state index is 12.3. The predicted molar refractivity (Wildman–Crippen MR) is 89.8 cm³/mol. The van der Waals surface area contributed by atoms with Crippen molar-refractivity contribution in [3.63, 3.8) is 0 Å². The van der Waals surface area contributed by atoms with E-state index in [1.165, 1.54) is 0 Å². The monoisotopic (exact) mass is 320 g/mol. The molecule has 0 aliphatic rings. The van der Waals surface area contributed by atoms with Crippen molar-refractivity contribution in [1.82, 2.24) is 4.57 Å². The number of aryl methyl sites for hydroxylation is 1. The number of rotatable bonds is 7. The average molecular weight is 320 g/mol. The third-order valence-electron chi connectivity index (χ3n) is 3.60. The van der Waals surface area contributed by atoms with E-state index in [-0.39, 0.29) is 0 Å². The second kappa shape index (κ2) is 6.87. The molecule has 22 heavy (non-hydrogen) atoms. The summed E-state index contributed by atoms with van der Waals surface area (Å²) in [5.74, 6) is -0.303. The van der Waals surface area contributed by atoms with Gasteiger partial charge in [0, 0.05) is 12.2 Å². The first kappa shape index (κ1) is 16.4. The SMILES string of the molecule is CCOc1cccc2c1c(C(=O)C(N)=O)c(C)n2CCCS. The lowest BCUT2D eigenvalue weighted by molar-refractivity contribution is -0.114. The second-order valence-electron chi connectivity index (χ2n) is 4.97. The number of ether oxygens (including phenoxy) is 1. The number of thiol groups is 1. The molecule has 1 amide bonds. The van der Waals surface area contributed by atoms with Gasteiger partial charge in [-0.1, -0.05) is 6.07 Å². The molecule has 0 bridgehead atoms. The van der Waals surface area contributed by atoms with Crippen LogP contribution in [0.5, 0.6) is 5.75 Å². The van der Waals surface area contributed by atoms with Crippen LogP contribution in [0.2, 0.25) is 0 Å². The van der Waals surface area contributed by atoms with Crippen LogP contribution in [-0.4, -0.2) is 28.6 Å². The molecule has 2 N–H and O–H groups in total. The van der Waals surface area contributed by atoms with Crippen LogP contribution in [0.3, 0.4) is 0 Å². The summed E-state index contributed by atoms with van der Waals surface area (Å²) in [7, 11) is 0. The molecule has 0 radical (unpaired) electrons. The predicted octanol–water partition coefficient (Wildman–Crippen LogP) is 2.34. The molecule has 6 heteroatoms. The van der Waals surface area contributed by atoms with E-state index in [1.807, 2.05) is 30.5 Å². The fourth-order valence-corrected chi connectivity index (χ4v) is 2.83. The van der Waals surface area contributed by atoms with E-state index in [0.29, 0.717) is 29.9 Å². The van der Waals surface area contributed by atoms with Crippen molar-refractivity contribution in [1.29, 1.82) is 0 Å². The van der Waals surface area contributed by atoms with Gasteiger partial charge in [0.2, 0.25) is 0 Å². The molecule has 1 heterocycles. The minimum atomic E-state index is -0.956. The molecule has 2 aromatic rings. The Morgan fingerprint density at radius 2 is 2.09 bits per heavy atom. The summed E-state index contributed by atoms with van der Waals surface area (Å²) in [6.07, 6.45) is 0.858. The molecule has 0 saturated heterocycles. The number of primary amides is 1. The molecule has 1 aromatic heterocycles. The number of hydrogen-bond donors (Lipinski definition) is 2. The van der Waals surface area contributed by atoms with Crippen LogP contribution in [0.25, 0.3) is 10.9 Å². The number of hydrogen-bond acceptors (Lipinski definition) is 4. The zero-order valence-electron chi connectivity index (χ0n) is 12.8. The Morgan fingerprint density at radius 3 is 2.68 bits per heavy atom. The molecule has 0 saturated carbocycles. The Kier molecular flexibility index (Phi) is 5.13. The topological polar surface area (TPSA) is 74.3 Å². The van der Waals surface area contributed by atoms with Crippen LogP contribution in [0.4, 0.5) is 0 Å². The fourth-order valence-electron chi connectivity index (χ4n) is 2.69. The lowest BCUT2D eigenvalue weighted by Crippen LogP contribution is -2.23. The molecular formula is C16H20N2O3S. The van der Waals surface area contributed by atoms with Crippen LogP contribution >= 0.6 is 12.6 Å². The minimum absolute atomic E-state index is 0.339. The van der Waals surface area contributed by atoms with E-state index >= 15 is 0 Å². The van der Waals surface area contributed by atoms with Crippen LogP contribution < -0.4 is 10.5 Å². The van der Waals surface area contributed by atoms with Crippen LogP contribution in [0.1, 0.15) is 29.4 Å². The highest BCUT2D eigenvalue weighted by Crippen LogP contribution is 2.34. The molecule has 1 aromatic carbocycles. The summed E-state index contributed by atoms with van der Waals surface area (Å²) >= 11 is 4.23. The summed E-state index contributed by atoms with van der Waals surface area (Å²) in [5, 5.41) is 0.657. The van der Waals surface area contributed by atoms with Gasteiger partial charge in [0.15, 0.2) is 0 Å². The van der Waals surface area contributed by atoms with Gasteiger partial charge in [0.25, 0.3) is 11.7 Å². The van der Waals surface area contributed by atoms with Crippen molar-refractivity contribution in [2.45, 2.75) is 26.8 Å². The number of Topliss-reactive ketones (excluding diaryl/α,β-unsaturated/α-hetero) is 1. The maximum Gasteiger partial charge on any atom is 0.289 e. The number of fused-ring (bicyclic) bond motifs is 1. The number of amides is 1. The number of nitrogens with zero attached hydrogens (tertiary/aromatic N) is 1. The second-order valence-corrected chi connectivity index (χ2v) is 5.41. The molecule has 5 nitrogen and oxygen atoms in total. The third kappa shape index (κ3) is 2.83. The number of aromatic nitrogens is 1. The molecule has 0 aliphatic carbocycles. The van der Waals surface area contributed by atoms with Gasteiger partial charge in [0.1, 0.15) is 5.75 Å². The van der Waals surface area contributed by atoms with E-state index in [4.69, 9.17) is 10.5 Å². The Bertz CT molecular complexity index is 722. The average Bonchev–Trinajstić information content (AvgIpc) is 2.77. The lowest BCUT2D eigenvalue weighted by atomic mass is 10.1. The van der Waals surface area contributed by atoms with Crippen molar-refractivity contribution >= 4 is 35.2 Å². The summed E-state index contributed by atoms with van der Waals surface area (Å²) in [4.78, 5) is 23.7. The van der Waals surface area contributed by atoms with Crippen molar-refractivity contribution in [3.05, 3.63) is 29.5 Å². The third-order valence-corrected chi connectivity index (χ3v) is 3.92. The molecule has 0 atom stereocenters. The number of nitrogens with two attached hydrogens (primary N) is 1. The Morgan fingerprint density at radius 1 is 1.36 bits per heavy atom. The van der Waals surface area contributed by atoms with Crippen molar-refractivity contribution in [2.24, 2.45) is 5.73 Å². The first-order valence-electron chi connectivity index (χ1n) is 7.22. The van der Waals surface area contributed by atoms with Gasteiger partial charge in [-0.05, 0) is 38.2 Å². The lowest BCUT2D eigenvalue weighted by Gasteiger charge is -2.08. The van der Waals surface area contributed by atoms with E-state index < -0.39 is 11.7 Å². The molecular weight excluding hydrogens is 300 g/mol. The summed E-state index contributed by atoms with van der Waals surface area (Å²) in [6.45, 7) is 4.89. The molecule has 0 fully saturated rings. The van der Waals surface area contributed by atoms with Gasteiger partial charge < -0.3 is 15.0 Å². The number of ketones is 1. The van der Waals surface area contributed by atoms with Gasteiger partial charge in [-0.2, -0.15) is 12.6 Å². The number of benzene rings is 1. The summed E-state index contributed by atoms with van der Waals surface area (Å²) in [5.41, 5.74) is 7.15. The molecule has 118 valence electrons. The zero-order chi connectivity index (χ0) is 16.3. The normalized spacial score (nSPS) is 10.9. The van der Waals surface area contributed by atoms with Crippen LogP contribution in [0, 0.1) is 6.92 Å². The molecule has 0 spiro atoms. The maximum absolute atomic E-state index is 12.3. The van der Waals surface area contributed by atoms with Gasteiger partial charge in [0.05, 0.1) is 23.1 Å². The summed E-state index contributed by atoms with van der Waals surface area (Å²) in [6, 6.07) is 5.59. The van der Waals surface area contributed by atoms with E-state index in [9.17, 15) is 9.59 Å². The van der Waals surface area contributed by atoms with Crippen LogP contribution in [0.15, 0.2) is 18.2 Å². The standard InChI is InChI=1S/C16H20N2O3S/c1-3-21-12-7-4-6-11-14(12)13(15(19)16(17)20)10(2)18(11)8-5-9-22/h4,6-7,22H,3,5,8-9H2,1-2H3,(H2,17,20). The van der Waals surface area contributed by atoms with E-state index in [0.717, 1.165) is 23.4 Å². The molecule has 0 aliphatic heterocycles. The van der Waals surface area contributed by atoms with E-state index in [2.05, 4.69) is 12.6 Å². The van der Waals surface area contributed by atoms with Crippen molar-refractivity contribution in [3.8, 4) is 5.75 Å². The number of carbonyl (C=O) groups excluding carboxylic acids is 2. The van der Waals surface area contributed by atoms with Gasteiger partial charge in [-0.15, -0.1) is 0 Å². The van der Waals surface area contributed by atoms with Crippen molar-refractivity contribution < 1.29 is 14.3 Å². The molecule has 2 rings (SSSR count). The minimum Gasteiger partial charge on any atom is -0.493 e. The summed E-state index contributed by atoms with van der Waals surface area (Å²) < 4.78 is 7.65. The zero-order valence-corrected chi connectivity index (χ0v) is 13.7. The first-order chi connectivity index (χ1) is 10.5. The van der Waals surface area contributed by atoms with Gasteiger partial charge in [-0.3, -0.25) is 9.59 Å². The Labute approximate surface area is 134 Å². The largest absolute Gasteiger partial charge is 0.493 e. The highest BCUT2D eigenvalue weighted by molar-refractivity contribution is 7.80. The highest BCUT2D eigenvalue weighted by atomic mass is 32.1. The fraction of sp³-hybridized carbons (Fsp3) is 0.375. The van der Waals surface area contributed by atoms with Crippen molar-refractivity contribution in [2.75, 3.05) is 12.4 Å². The number of carbonyl (C=O) groups is 2. The Balaban J connectivity index is 2.76. The quantitative estimate of drug-likeness (QED) is 0.467. The van der Waals surface area contributed by atoms with Crippen LogP contribution in [-0.2, 0) is 11.3 Å². The Hall–Kier alpha value is -1.95. The van der Waals surface area contributed by atoms with Gasteiger partial charge >= 0.3 is 0 Å². The highest BCUT2D eigenvalue weighted by Gasteiger charge is 2.25. The van der Waals surface area contributed by atoms with Gasteiger partial charge in [-0.25, -0.2) is 0 Å². The smallest absolute Gasteiger partial charge is 0.289 e.